The van der Waals surface area contributed by atoms with Crippen molar-refractivity contribution in [3.05, 3.63) is 58.3 Å². The zero-order chi connectivity index (χ0) is 13.2. The predicted molar refractivity (Wildman–Crippen MR) is 78.8 cm³/mol. The van der Waals surface area contributed by atoms with E-state index in [1.165, 1.54) is 0 Å². The molecule has 0 amide bonds. The monoisotopic (exact) mass is 334 g/mol. The Bertz CT molecular complexity index is 748. The minimum absolute atomic E-state index is 0.631. The van der Waals surface area contributed by atoms with Crippen LogP contribution in [0.4, 0.5) is 0 Å². The average molecular weight is 336 g/mol. The number of hydrogen-bond donors (Lipinski definition) is 0. The van der Waals surface area contributed by atoms with Crippen molar-refractivity contribution in [3.8, 4) is 11.5 Å². The molecular formula is C14H8BrClN2O. The molecule has 0 aliphatic carbocycles. The smallest absolute Gasteiger partial charge is 0.156 e. The third kappa shape index (κ3) is 2.69. The number of aromatic nitrogens is 2. The van der Waals surface area contributed by atoms with E-state index in [4.69, 9.17) is 16.3 Å². The number of benzene rings is 1. The lowest BCUT2D eigenvalue weighted by Gasteiger charge is -2.08. The molecule has 0 radical (unpaired) electrons. The van der Waals surface area contributed by atoms with Gasteiger partial charge in [-0.3, -0.25) is 4.98 Å². The number of rotatable bonds is 2. The highest BCUT2D eigenvalue weighted by Gasteiger charge is 2.06. The molecule has 0 aliphatic heterocycles. The molecule has 0 unspecified atom stereocenters. The van der Waals surface area contributed by atoms with Gasteiger partial charge in [-0.25, -0.2) is 4.98 Å². The van der Waals surface area contributed by atoms with Crippen LogP contribution in [-0.4, -0.2) is 9.97 Å². The summed E-state index contributed by atoms with van der Waals surface area (Å²) in [5.41, 5.74) is 1.49. The van der Waals surface area contributed by atoms with Crippen LogP contribution in [0.2, 0.25) is 5.02 Å². The maximum Gasteiger partial charge on any atom is 0.156 e. The highest BCUT2D eigenvalue weighted by molar-refractivity contribution is 9.10. The van der Waals surface area contributed by atoms with Crippen molar-refractivity contribution in [2.75, 3.05) is 0 Å². The predicted octanol–water partition coefficient (Wildman–Crippen LogP) is 4.84. The van der Waals surface area contributed by atoms with E-state index in [0.717, 1.165) is 9.99 Å². The molecule has 3 rings (SSSR count). The number of pyridine rings is 2. The first kappa shape index (κ1) is 12.4. The lowest BCUT2D eigenvalue weighted by molar-refractivity contribution is 0.487. The molecule has 0 bridgehead atoms. The van der Waals surface area contributed by atoms with E-state index < -0.39 is 0 Å². The molecule has 94 valence electrons. The van der Waals surface area contributed by atoms with Crippen LogP contribution in [0.3, 0.4) is 0 Å². The van der Waals surface area contributed by atoms with Crippen LogP contribution in [0.15, 0.2) is 53.3 Å². The second kappa shape index (κ2) is 5.15. The minimum atomic E-state index is 0.631. The molecule has 0 saturated carbocycles. The van der Waals surface area contributed by atoms with Gasteiger partial charge in [-0.05, 0) is 40.2 Å². The molecule has 0 spiro atoms. The second-order valence-electron chi connectivity index (χ2n) is 3.89. The summed E-state index contributed by atoms with van der Waals surface area (Å²) >= 11 is 9.31. The minimum Gasteiger partial charge on any atom is -0.455 e. The zero-order valence-electron chi connectivity index (χ0n) is 9.68. The molecule has 0 fully saturated rings. The molecule has 2 aromatic heterocycles. The maximum absolute atomic E-state index is 5.94. The number of nitrogens with zero attached hydrogens (tertiary/aromatic N) is 2. The van der Waals surface area contributed by atoms with Gasteiger partial charge in [-0.1, -0.05) is 17.7 Å². The Morgan fingerprint density at radius 2 is 2.00 bits per heavy atom. The number of fused-ring (bicyclic) bond motifs is 1. The quantitative estimate of drug-likeness (QED) is 0.672. The van der Waals surface area contributed by atoms with Crippen LogP contribution in [0.5, 0.6) is 11.5 Å². The van der Waals surface area contributed by atoms with E-state index in [9.17, 15) is 0 Å². The van der Waals surface area contributed by atoms with Crippen LogP contribution in [-0.2, 0) is 0 Å². The van der Waals surface area contributed by atoms with Gasteiger partial charge in [0.05, 0.1) is 5.52 Å². The van der Waals surface area contributed by atoms with Crippen LogP contribution in [0.1, 0.15) is 0 Å². The van der Waals surface area contributed by atoms with Gasteiger partial charge in [-0.15, -0.1) is 0 Å². The van der Waals surface area contributed by atoms with E-state index >= 15 is 0 Å². The molecule has 5 heteroatoms. The van der Waals surface area contributed by atoms with Gasteiger partial charge in [-0.2, -0.15) is 0 Å². The summed E-state index contributed by atoms with van der Waals surface area (Å²) in [5.74, 6) is 1.32. The molecule has 0 N–H and O–H groups in total. The van der Waals surface area contributed by atoms with Crippen molar-refractivity contribution in [1.29, 1.82) is 0 Å². The van der Waals surface area contributed by atoms with E-state index in [2.05, 4.69) is 25.9 Å². The van der Waals surface area contributed by atoms with E-state index in [1.807, 2.05) is 18.2 Å². The van der Waals surface area contributed by atoms with E-state index in [1.54, 1.807) is 30.6 Å². The third-order valence-corrected chi connectivity index (χ3v) is 3.20. The van der Waals surface area contributed by atoms with E-state index in [-0.39, 0.29) is 0 Å². The van der Waals surface area contributed by atoms with E-state index in [0.29, 0.717) is 22.0 Å². The van der Waals surface area contributed by atoms with Gasteiger partial charge in [0.25, 0.3) is 0 Å². The summed E-state index contributed by atoms with van der Waals surface area (Å²) in [6, 6.07) is 10.9. The fourth-order valence-corrected chi connectivity index (χ4v) is 2.22. The van der Waals surface area contributed by atoms with Crippen LogP contribution in [0.25, 0.3) is 11.0 Å². The first-order valence-electron chi connectivity index (χ1n) is 5.56. The lowest BCUT2D eigenvalue weighted by Crippen LogP contribution is -1.90. The Morgan fingerprint density at radius 3 is 2.84 bits per heavy atom. The highest BCUT2D eigenvalue weighted by Crippen LogP contribution is 2.29. The molecular weight excluding hydrogens is 328 g/mol. The van der Waals surface area contributed by atoms with Gasteiger partial charge < -0.3 is 4.74 Å². The summed E-state index contributed by atoms with van der Waals surface area (Å²) in [7, 11) is 0. The van der Waals surface area contributed by atoms with Gasteiger partial charge in [0.15, 0.2) is 5.75 Å². The summed E-state index contributed by atoms with van der Waals surface area (Å²) in [4.78, 5) is 8.60. The van der Waals surface area contributed by atoms with Crippen molar-refractivity contribution in [3.63, 3.8) is 0 Å². The first-order chi connectivity index (χ1) is 9.22. The van der Waals surface area contributed by atoms with Crippen LogP contribution >= 0.6 is 27.5 Å². The molecule has 3 aromatic rings. The number of halogens is 2. The lowest BCUT2D eigenvalue weighted by atomic mass is 10.3. The van der Waals surface area contributed by atoms with Crippen LogP contribution in [0, 0.1) is 0 Å². The topological polar surface area (TPSA) is 35.0 Å². The van der Waals surface area contributed by atoms with Gasteiger partial charge in [0, 0.05) is 28.0 Å². The molecule has 0 aliphatic rings. The molecule has 19 heavy (non-hydrogen) atoms. The molecule has 2 heterocycles. The summed E-state index contributed by atoms with van der Waals surface area (Å²) < 4.78 is 6.69. The Morgan fingerprint density at radius 1 is 1.11 bits per heavy atom. The van der Waals surface area contributed by atoms with Crippen molar-refractivity contribution < 1.29 is 4.74 Å². The Kier molecular flexibility index (Phi) is 3.36. The SMILES string of the molecule is Clc1cccc(Oc2ccnc3cc(Br)cnc23)c1. The van der Waals surface area contributed by atoms with Gasteiger partial charge in [0.1, 0.15) is 11.3 Å². The highest BCUT2D eigenvalue weighted by atomic mass is 79.9. The van der Waals surface area contributed by atoms with Crippen molar-refractivity contribution in [1.82, 2.24) is 9.97 Å². The van der Waals surface area contributed by atoms with Gasteiger partial charge >= 0.3 is 0 Å². The molecule has 3 nitrogen and oxygen atoms in total. The molecule has 1 aromatic carbocycles. The fourth-order valence-electron chi connectivity index (χ4n) is 1.72. The zero-order valence-corrected chi connectivity index (χ0v) is 12.0. The Balaban J connectivity index is 2.06. The average Bonchev–Trinajstić information content (AvgIpc) is 2.38. The van der Waals surface area contributed by atoms with Crippen LogP contribution < -0.4 is 4.74 Å². The maximum atomic E-state index is 5.94. The fraction of sp³-hybridized carbons (Fsp3) is 0. The second-order valence-corrected chi connectivity index (χ2v) is 5.24. The number of ether oxygens (including phenoxy) is 1. The summed E-state index contributed by atoms with van der Waals surface area (Å²) in [6.07, 6.45) is 3.41. The Labute approximate surface area is 123 Å². The van der Waals surface area contributed by atoms with Gasteiger partial charge in [0.2, 0.25) is 0 Å². The van der Waals surface area contributed by atoms with Crippen molar-refractivity contribution >= 4 is 38.6 Å². The normalized spacial score (nSPS) is 10.6. The molecule has 0 atom stereocenters. The van der Waals surface area contributed by atoms with Crippen molar-refractivity contribution in [2.24, 2.45) is 0 Å². The third-order valence-electron chi connectivity index (χ3n) is 2.53. The molecule has 0 saturated heterocycles. The number of hydrogen-bond acceptors (Lipinski definition) is 3. The summed E-state index contributed by atoms with van der Waals surface area (Å²) in [6.45, 7) is 0. The largest absolute Gasteiger partial charge is 0.455 e. The van der Waals surface area contributed by atoms with Crippen molar-refractivity contribution in [2.45, 2.75) is 0 Å². The standard InChI is InChI=1S/C14H8BrClN2O/c15-9-6-12-14(18-8-9)13(4-5-17-12)19-11-3-1-2-10(16)7-11/h1-8H. The first-order valence-corrected chi connectivity index (χ1v) is 6.73. The summed E-state index contributed by atoms with van der Waals surface area (Å²) in [5, 5.41) is 0.631. The Hall–Kier alpha value is -1.65.